The SMILES string of the molecule is CN(C)C1CCCCC1N(C)C(=O)Cc1ccc(Cl)c(Cl)c1.Cc1ccc(S(=O)(=O)O)cc1. The van der Waals surface area contributed by atoms with E-state index in [1.807, 2.05) is 24.9 Å². The highest BCUT2D eigenvalue weighted by Gasteiger charge is 2.31. The molecule has 1 amide bonds. The standard InChI is InChI=1S/C17H24Cl2N2O.C7H8O3S/c1-20(2)15-6-4-5-7-16(15)21(3)17(22)11-12-8-9-13(18)14(19)10-12;1-6-2-4-7(5-3-6)11(8,9)10/h8-10,15-16H,4-7,11H2,1-3H3;2-5H,1H3,(H,8,9,10). The van der Waals surface area contributed by atoms with Gasteiger partial charge < -0.3 is 9.80 Å². The van der Waals surface area contributed by atoms with E-state index in [1.165, 1.54) is 25.0 Å². The third kappa shape index (κ3) is 8.26. The van der Waals surface area contributed by atoms with Gasteiger partial charge in [-0.1, -0.05) is 59.8 Å². The molecule has 0 radical (unpaired) electrons. The summed E-state index contributed by atoms with van der Waals surface area (Å²) in [6.45, 7) is 1.84. The third-order valence-corrected chi connectivity index (χ3v) is 7.51. The quantitative estimate of drug-likeness (QED) is 0.560. The molecule has 2 unspecified atom stereocenters. The van der Waals surface area contributed by atoms with Crippen LogP contribution >= 0.6 is 23.2 Å². The average molecular weight is 516 g/mol. The lowest BCUT2D eigenvalue weighted by atomic mass is 9.88. The molecule has 182 valence electrons. The molecule has 6 nitrogen and oxygen atoms in total. The fourth-order valence-corrected chi connectivity index (χ4v) is 4.79. The first-order chi connectivity index (χ1) is 15.4. The number of benzene rings is 2. The first-order valence-electron chi connectivity index (χ1n) is 10.8. The Morgan fingerprint density at radius 3 is 2.06 bits per heavy atom. The molecule has 3 rings (SSSR count). The summed E-state index contributed by atoms with van der Waals surface area (Å²) in [4.78, 5) is 16.7. The maximum absolute atomic E-state index is 12.6. The first-order valence-corrected chi connectivity index (χ1v) is 13.0. The molecule has 1 aliphatic carbocycles. The van der Waals surface area contributed by atoms with Crippen molar-refractivity contribution >= 4 is 39.2 Å². The van der Waals surface area contributed by atoms with E-state index in [4.69, 9.17) is 27.8 Å². The molecule has 2 aromatic carbocycles. The number of halogens is 2. The van der Waals surface area contributed by atoms with E-state index in [2.05, 4.69) is 19.0 Å². The summed E-state index contributed by atoms with van der Waals surface area (Å²) in [7, 11) is 2.10. The van der Waals surface area contributed by atoms with Gasteiger partial charge >= 0.3 is 0 Å². The molecule has 2 aromatic rings. The van der Waals surface area contributed by atoms with Crippen molar-refractivity contribution in [3.63, 3.8) is 0 Å². The summed E-state index contributed by atoms with van der Waals surface area (Å²) < 4.78 is 29.6. The Morgan fingerprint density at radius 2 is 1.55 bits per heavy atom. The van der Waals surface area contributed by atoms with Gasteiger partial charge in [-0.15, -0.1) is 0 Å². The predicted octanol–water partition coefficient (Wildman–Crippen LogP) is 5.11. The largest absolute Gasteiger partial charge is 0.341 e. The van der Waals surface area contributed by atoms with Crippen LogP contribution in [0.2, 0.25) is 10.0 Å². The van der Waals surface area contributed by atoms with Crippen molar-refractivity contribution in [3.05, 3.63) is 63.6 Å². The summed E-state index contributed by atoms with van der Waals surface area (Å²) in [6.07, 6.45) is 5.03. The van der Waals surface area contributed by atoms with Crippen LogP contribution in [0, 0.1) is 6.92 Å². The minimum Gasteiger partial charge on any atom is -0.341 e. The second-order valence-corrected chi connectivity index (χ2v) is 10.8. The van der Waals surface area contributed by atoms with Gasteiger partial charge in [0.05, 0.1) is 21.4 Å². The lowest BCUT2D eigenvalue weighted by Gasteiger charge is -2.41. The summed E-state index contributed by atoms with van der Waals surface area (Å²) >= 11 is 11.9. The number of carbonyl (C=O) groups is 1. The number of aryl methyl sites for hydroxylation is 1. The van der Waals surface area contributed by atoms with Crippen molar-refractivity contribution in [2.24, 2.45) is 0 Å². The third-order valence-electron chi connectivity index (χ3n) is 5.91. The van der Waals surface area contributed by atoms with Gasteiger partial charge in [0, 0.05) is 19.1 Å². The van der Waals surface area contributed by atoms with Crippen LogP contribution in [0.15, 0.2) is 47.4 Å². The molecule has 1 saturated carbocycles. The van der Waals surface area contributed by atoms with E-state index < -0.39 is 10.1 Å². The van der Waals surface area contributed by atoms with E-state index in [9.17, 15) is 13.2 Å². The number of hydrogen-bond acceptors (Lipinski definition) is 4. The van der Waals surface area contributed by atoms with Crippen molar-refractivity contribution in [3.8, 4) is 0 Å². The van der Waals surface area contributed by atoms with Crippen LogP contribution < -0.4 is 0 Å². The van der Waals surface area contributed by atoms with E-state index in [0.717, 1.165) is 24.0 Å². The van der Waals surface area contributed by atoms with Crippen molar-refractivity contribution < 1.29 is 17.8 Å². The minimum atomic E-state index is -4.02. The van der Waals surface area contributed by atoms with Gasteiger partial charge in [-0.05, 0) is 63.7 Å². The molecular weight excluding hydrogens is 483 g/mol. The Balaban J connectivity index is 0.000000294. The zero-order chi connectivity index (χ0) is 24.8. The molecule has 1 aliphatic rings. The molecule has 0 aliphatic heterocycles. The van der Waals surface area contributed by atoms with Crippen LogP contribution in [0.4, 0.5) is 0 Å². The van der Waals surface area contributed by atoms with Crippen LogP contribution in [-0.4, -0.2) is 61.9 Å². The fourth-order valence-electron chi connectivity index (χ4n) is 3.99. The summed E-state index contributed by atoms with van der Waals surface area (Å²) in [5, 5.41) is 1.02. The maximum Gasteiger partial charge on any atom is 0.294 e. The average Bonchev–Trinajstić information content (AvgIpc) is 2.76. The number of rotatable bonds is 5. The predicted molar refractivity (Wildman–Crippen MR) is 134 cm³/mol. The first kappa shape index (κ1) is 27.6. The van der Waals surface area contributed by atoms with Crippen molar-refractivity contribution in [1.29, 1.82) is 0 Å². The maximum atomic E-state index is 12.6. The molecule has 0 heterocycles. The molecular formula is C24H32Cl2N2O4S. The molecule has 0 bridgehead atoms. The fraction of sp³-hybridized carbons (Fsp3) is 0.458. The molecule has 2 atom stereocenters. The molecule has 9 heteroatoms. The summed E-state index contributed by atoms with van der Waals surface area (Å²) in [5.74, 6) is 0.136. The van der Waals surface area contributed by atoms with Gasteiger partial charge in [0.25, 0.3) is 10.1 Å². The number of amides is 1. The molecule has 0 aromatic heterocycles. The molecule has 1 N–H and O–H groups in total. The van der Waals surface area contributed by atoms with Crippen LogP contribution in [0.3, 0.4) is 0 Å². The second-order valence-electron chi connectivity index (χ2n) is 8.60. The number of carbonyl (C=O) groups excluding carboxylic acids is 1. The van der Waals surface area contributed by atoms with Crippen molar-refractivity contribution in [1.82, 2.24) is 9.80 Å². The van der Waals surface area contributed by atoms with Gasteiger partial charge in [0.1, 0.15) is 0 Å². The molecule has 0 saturated heterocycles. The monoisotopic (exact) mass is 514 g/mol. The Bertz CT molecular complexity index is 1040. The Labute approximate surface area is 207 Å². The number of nitrogens with zero attached hydrogens (tertiary/aromatic N) is 2. The highest BCUT2D eigenvalue weighted by Crippen LogP contribution is 2.27. The van der Waals surface area contributed by atoms with Gasteiger partial charge in [-0.2, -0.15) is 8.42 Å². The smallest absolute Gasteiger partial charge is 0.294 e. The van der Waals surface area contributed by atoms with Gasteiger partial charge in [0.2, 0.25) is 5.91 Å². The number of hydrogen-bond donors (Lipinski definition) is 1. The summed E-state index contributed by atoms with van der Waals surface area (Å²) in [6, 6.07) is 12.1. The van der Waals surface area contributed by atoms with Crippen LogP contribution in [0.25, 0.3) is 0 Å². The van der Waals surface area contributed by atoms with E-state index in [0.29, 0.717) is 28.5 Å². The van der Waals surface area contributed by atoms with E-state index >= 15 is 0 Å². The van der Waals surface area contributed by atoms with E-state index in [-0.39, 0.29) is 10.8 Å². The molecule has 0 spiro atoms. The molecule has 1 fully saturated rings. The van der Waals surface area contributed by atoms with Crippen LogP contribution in [-0.2, 0) is 21.3 Å². The molecule has 33 heavy (non-hydrogen) atoms. The highest BCUT2D eigenvalue weighted by atomic mass is 35.5. The van der Waals surface area contributed by atoms with Crippen molar-refractivity contribution in [2.45, 2.75) is 56.0 Å². The van der Waals surface area contributed by atoms with Gasteiger partial charge in [0.15, 0.2) is 0 Å². The topological polar surface area (TPSA) is 77.9 Å². The Morgan fingerprint density at radius 1 is 0.970 bits per heavy atom. The van der Waals surface area contributed by atoms with Gasteiger partial charge in [-0.3, -0.25) is 9.35 Å². The van der Waals surface area contributed by atoms with Crippen molar-refractivity contribution in [2.75, 3.05) is 21.1 Å². The van der Waals surface area contributed by atoms with Crippen LogP contribution in [0.5, 0.6) is 0 Å². The lowest BCUT2D eigenvalue weighted by molar-refractivity contribution is -0.133. The Hall–Kier alpha value is -1.64. The second kappa shape index (κ2) is 12.2. The van der Waals surface area contributed by atoms with Gasteiger partial charge in [-0.25, -0.2) is 0 Å². The zero-order valence-corrected chi connectivity index (χ0v) is 21.8. The normalized spacial score (nSPS) is 18.4. The number of likely N-dealkylation sites (N-methyl/N-ethyl adjacent to an activating group) is 2. The minimum absolute atomic E-state index is 0.0666. The Kier molecular flexibility index (Phi) is 10.2. The lowest BCUT2D eigenvalue weighted by Crippen LogP contribution is -2.52. The van der Waals surface area contributed by atoms with E-state index in [1.54, 1.807) is 24.3 Å². The summed E-state index contributed by atoms with van der Waals surface area (Å²) in [5.41, 5.74) is 1.86. The van der Waals surface area contributed by atoms with Crippen LogP contribution in [0.1, 0.15) is 36.8 Å². The zero-order valence-electron chi connectivity index (χ0n) is 19.5. The highest BCUT2D eigenvalue weighted by molar-refractivity contribution is 7.85.